The van der Waals surface area contributed by atoms with Gasteiger partial charge in [-0.05, 0) is 60.7 Å². The first-order valence-corrected chi connectivity index (χ1v) is 10.8. The topological polar surface area (TPSA) is 59.1 Å². The standard InChI is InChI=1S/C19H20N2O4S2/c1-24-15-7-3-13(4-8-15)20-17-11-27(22,23)12-18(17)21(19(20)26)14-5-9-16(25-2)10-6-14/h3-10,17-18H,11-12H2,1-2H3/t17-,18-/m0/s1. The Hall–Kier alpha value is -2.32. The molecule has 0 amide bonds. The Labute approximate surface area is 164 Å². The molecule has 0 bridgehead atoms. The molecule has 2 aliphatic rings. The van der Waals surface area contributed by atoms with Crippen molar-refractivity contribution < 1.29 is 17.9 Å². The Morgan fingerprint density at radius 3 is 1.52 bits per heavy atom. The van der Waals surface area contributed by atoms with Crippen molar-refractivity contribution in [1.29, 1.82) is 0 Å². The van der Waals surface area contributed by atoms with Gasteiger partial charge in [0.15, 0.2) is 14.9 Å². The second kappa shape index (κ2) is 6.69. The maximum Gasteiger partial charge on any atom is 0.181 e. The summed E-state index contributed by atoms with van der Waals surface area (Å²) in [5.41, 5.74) is 1.73. The molecular weight excluding hydrogens is 384 g/mol. The highest BCUT2D eigenvalue weighted by Crippen LogP contribution is 2.38. The number of hydrogen-bond acceptors (Lipinski definition) is 5. The van der Waals surface area contributed by atoms with Crippen LogP contribution >= 0.6 is 12.2 Å². The zero-order valence-corrected chi connectivity index (χ0v) is 16.7. The van der Waals surface area contributed by atoms with Crippen molar-refractivity contribution in [3.8, 4) is 11.5 Å². The van der Waals surface area contributed by atoms with Crippen LogP contribution in [0.15, 0.2) is 48.5 Å². The van der Waals surface area contributed by atoms with E-state index >= 15 is 0 Å². The lowest BCUT2D eigenvalue weighted by atomic mass is 10.1. The minimum absolute atomic E-state index is 0.0937. The molecule has 2 atom stereocenters. The SMILES string of the molecule is COc1ccc(N2C(=S)N(c3ccc(OC)cc3)[C@H]3CS(=O)(=O)C[C@@H]32)cc1. The van der Waals surface area contributed by atoms with Crippen molar-refractivity contribution in [2.75, 3.05) is 35.5 Å². The first kappa shape index (κ1) is 18.1. The zero-order valence-electron chi connectivity index (χ0n) is 15.0. The maximum atomic E-state index is 12.4. The molecule has 0 spiro atoms. The van der Waals surface area contributed by atoms with E-state index in [0.717, 1.165) is 22.9 Å². The molecule has 2 heterocycles. The summed E-state index contributed by atoms with van der Waals surface area (Å²) in [5, 5.41) is 0.607. The van der Waals surface area contributed by atoms with Gasteiger partial charge in [-0.3, -0.25) is 0 Å². The van der Waals surface area contributed by atoms with Crippen LogP contribution in [0.3, 0.4) is 0 Å². The van der Waals surface area contributed by atoms with Crippen LogP contribution in [0.1, 0.15) is 0 Å². The van der Waals surface area contributed by atoms with Crippen molar-refractivity contribution in [2.45, 2.75) is 12.1 Å². The van der Waals surface area contributed by atoms with Gasteiger partial charge in [-0.1, -0.05) is 0 Å². The molecule has 4 rings (SSSR count). The van der Waals surface area contributed by atoms with Gasteiger partial charge in [0, 0.05) is 11.4 Å². The molecule has 0 aliphatic carbocycles. The van der Waals surface area contributed by atoms with E-state index in [2.05, 4.69) is 0 Å². The van der Waals surface area contributed by atoms with Crippen LogP contribution < -0.4 is 19.3 Å². The molecule has 0 radical (unpaired) electrons. The highest BCUT2D eigenvalue weighted by molar-refractivity contribution is 7.91. The number of benzene rings is 2. The average molecular weight is 405 g/mol. The third kappa shape index (κ3) is 3.12. The van der Waals surface area contributed by atoms with E-state index in [4.69, 9.17) is 21.7 Å². The number of sulfone groups is 1. The fourth-order valence-corrected chi connectivity index (χ4v) is 6.19. The second-order valence-corrected chi connectivity index (χ2v) is 9.15. The van der Waals surface area contributed by atoms with E-state index in [-0.39, 0.29) is 23.6 Å². The largest absolute Gasteiger partial charge is 0.497 e. The summed E-state index contributed by atoms with van der Waals surface area (Å²) in [6, 6.07) is 14.6. The number of thiocarbonyl (C=S) groups is 1. The summed E-state index contributed by atoms with van der Waals surface area (Å²) in [6.45, 7) is 0. The molecule has 2 saturated heterocycles. The van der Waals surface area contributed by atoms with Gasteiger partial charge in [0.2, 0.25) is 0 Å². The summed E-state index contributed by atoms with van der Waals surface area (Å²) >= 11 is 5.77. The lowest BCUT2D eigenvalue weighted by Gasteiger charge is -2.26. The van der Waals surface area contributed by atoms with E-state index < -0.39 is 9.84 Å². The van der Waals surface area contributed by atoms with Gasteiger partial charge in [0.25, 0.3) is 0 Å². The number of hydrogen-bond donors (Lipinski definition) is 0. The molecule has 0 N–H and O–H groups in total. The Balaban J connectivity index is 1.75. The molecule has 8 heteroatoms. The number of anilines is 2. The molecule has 142 valence electrons. The molecule has 2 aromatic carbocycles. The van der Waals surface area contributed by atoms with E-state index in [1.165, 1.54) is 0 Å². The quantitative estimate of drug-likeness (QED) is 0.726. The van der Waals surface area contributed by atoms with Crippen molar-refractivity contribution >= 4 is 38.5 Å². The summed E-state index contributed by atoms with van der Waals surface area (Å²) in [7, 11) is 0.0944. The molecule has 6 nitrogen and oxygen atoms in total. The predicted octanol–water partition coefficient (Wildman–Crippen LogP) is 2.48. The Morgan fingerprint density at radius 2 is 1.19 bits per heavy atom. The lowest BCUT2D eigenvalue weighted by molar-refractivity contribution is 0.414. The van der Waals surface area contributed by atoms with Crippen LogP contribution in [-0.4, -0.2) is 51.3 Å². The van der Waals surface area contributed by atoms with Gasteiger partial charge in [0.05, 0.1) is 37.8 Å². The third-order valence-electron chi connectivity index (χ3n) is 5.07. The molecule has 0 saturated carbocycles. The summed E-state index contributed by atoms with van der Waals surface area (Å²) in [6.07, 6.45) is 0. The number of nitrogens with zero attached hydrogens (tertiary/aromatic N) is 2. The molecule has 2 fully saturated rings. The van der Waals surface area contributed by atoms with E-state index in [1.54, 1.807) is 14.2 Å². The van der Waals surface area contributed by atoms with Crippen LogP contribution in [0, 0.1) is 0 Å². The van der Waals surface area contributed by atoms with Crippen LogP contribution in [0.5, 0.6) is 11.5 Å². The summed E-state index contributed by atoms with van der Waals surface area (Å²) in [5.74, 6) is 1.67. The second-order valence-electron chi connectivity index (χ2n) is 6.63. The Kier molecular flexibility index (Phi) is 4.47. The zero-order chi connectivity index (χ0) is 19.2. The number of rotatable bonds is 4. The third-order valence-corrected chi connectivity index (χ3v) is 7.16. The predicted molar refractivity (Wildman–Crippen MR) is 110 cm³/mol. The van der Waals surface area contributed by atoms with Crippen molar-refractivity contribution in [2.24, 2.45) is 0 Å². The van der Waals surface area contributed by atoms with E-state index in [0.29, 0.717) is 5.11 Å². The number of fused-ring (bicyclic) bond motifs is 1. The highest BCUT2D eigenvalue weighted by Gasteiger charge is 2.52. The van der Waals surface area contributed by atoms with Gasteiger partial charge >= 0.3 is 0 Å². The maximum absolute atomic E-state index is 12.4. The fraction of sp³-hybridized carbons (Fsp3) is 0.316. The molecule has 0 aromatic heterocycles. The van der Waals surface area contributed by atoms with Gasteiger partial charge in [-0.15, -0.1) is 0 Å². The van der Waals surface area contributed by atoms with Crippen LogP contribution in [0.4, 0.5) is 11.4 Å². The van der Waals surface area contributed by atoms with Gasteiger partial charge < -0.3 is 19.3 Å². The van der Waals surface area contributed by atoms with Gasteiger partial charge in [0.1, 0.15) is 11.5 Å². The minimum Gasteiger partial charge on any atom is -0.497 e. The van der Waals surface area contributed by atoms with Crippen LogP contribution in [0.2, 0.25) is 0 Å². The highest BCUT2D eigenvalue weighted by atomic mass is 32.2. The molecule has 2 aromatic rings. The normalized spacial score (nSPS) is 23.4. The number of ether oxygens (including phenoxy) is 2. The molecule has 0 unspecified atom stereocenters. The fourth-order valence-electron chi connectivity index (χ4n) is 3.79. The number of methoxy groups -OCH3 is 2. The first-order valence-electron chi connectivity index (χ1n) is 8.54. The molecule has 2 aliphatic heterocycles. The van der Waals surface area contributed by atoms with Crippen molar-refractivity contribution in [3.63, 3.8) is 0 Å². The van der Waals surface area contributed by atoms with Crippen molar-refractivity contribution in [1.82, 2.24) is 0 Å². The van der Waals surface area contributed by atoms with E-state index in [9.17, 15) is 8.42 Å². The Morgan fingerprint density at radius 1 is 0.815 bits per heavy atom. The first-order chi connectivity index (χ1) is 12.9. The van der Waals surface area contributed by atoms with Crippen LogP contribution in [0.25, 0.3) is 0 Å². The van der Waals surface area contributed by atoms with E-state index in [1.807, 2.05) is 58.3 Å². The molecular formula is C19H20N2O4S2. The average Bonchev–Trinajstić information content (AvgIpc) is 3.10. The minimum atomic E-state index is -3.13. The van der Waals surface area contributed by atoms with Gasteiger partial charge in [-0.2, -0.15) is 0 Å². The smallest absolute Gasteiger partial charge is 0.181 e. The van der Waals surface area contributed by atoms with Crippen LogP contribution in [-0.2, 0) is 9.84 Å². The monoisotopic (exact) mass is 404 g/mol. The summed E-state index contributed by atoms with van der Waals surface area (Å²) in [4.78, 5) is 3.91. The van der Waals surface area contributed by atoms with Gasteiger partial charge in [-0.25, -0.2) is 8.42 Å². The van der Waals surface area contributed by atoms with Crippen molar-refractivity contribution in [3.05, 3.63) is 48.5 Å². The molecule has 27 heavy (non-hydrogen) atoms. The summed E-state index contributed by atoms with van der Waals surface area (Å²) < 4.78 is 35.2. The Bertz CT molecular complexity index is 887. The lowest BCUT2D eigenvalue weighted by Crippen LogP contribution is -2.37.